The largest absolute Gasteiger partial charge is 0.245 e. The summed E-state index contributed by atoms with van der Waals surface area (Å²) in [7, 11) is 0. The van der Waals surface area contributed by atoms with Crippen LogP contribution in [0, 0.1) is 5.82 Å². The first-order chi connectivity index (χ1) is 6.25. The molecule has 66 valence electrons. The zero-order chi connectivity index (χ0) is 9.26. The van der Waals surface area contributed by atoms with E-state index in [0.717, 1.165) is 10.6 Å². The Balaban J connectivity index is 2.53. The van der Waals surface area contributed by atoms with Gasteiger partial charge in [-0.05, 0) is 18.2 Å². The maximum atomic E-state index is 12.9. The van der Waals surface area contributed by atoms with E-state index in [9.17, 15) is 4.39 Å². The summed E-state index contributed by atoms with van der Waals surface area (Å²) in [6.45, 7) is 0. The van der Waals surface area contributed by atoms with Crippen molar-refractivity contribution in [3.63, 3.8) is 0 Å². The summed E-state index contributed by atoms with van der Waals surface area (Å²) in [5.41, 5.74) is 0.722. The quantitative estimate of drug-likeness (QED) is 0.705. The Labute approximate surface area is 83.8 Å². The fraction of sp³-hybridized carbons (Fsp3) is 0. The predicted molar refractivity (Wildman–Crippen MR) is 52.5 cm³/mol. The highest BCUT2D eigenvalue weighted by Crippen LogP contribution is 2.25. The van der Waals surface area contributed by atoms with E-state index in [1.54, 1.807) is 12.3 Å². The second kappa shape index (κ2) is 3.44. The molecule has 0 radical (unpaired) electrons. The van der Waals surface area contributed by atoms with Crippen LogP contribution in [0.4, 0.5) is 4.39 Å². The van der Waals surface area contributed by atoms with E-state index in [1.165, 1.54) is 23.5 Å². The topological polar surface area (TPSA) is 12.9 Å². The van der Waals surface area contributed by atoms with Crippen molar-refractivity contribution in [2.75, 3.05) is 0 Å². The first-order valence-corrected chi connectivity index (χ1v) is 4.87. The van der Waals surface area contributed by atoms with Crippen molar-refractivity contribution >= 4 is 22.9 Å². The van der Waals surface area contributed by atoms with Crippen LogP contribution >= 0.6 is 22.9 Å². The number of hydrogen-bond acceptors (Lipinski definition) is 2. The number of hydrogen-bond donors (Lipinski definition) is 0. The van der Waals surface area contributed by atoms with Crippen LogP contribution in [0.2, 0.25) is 5.02 Å². The molecule has 1 aromatic heterocycles. The molecule has 0 amide bonds. The highest BCUT2D eigenvalue weighted by atomic mass is 35.5. The van der Waals surface area contributed by atoms with E-state index in [-0.39, 0.29) is 5.82 Å². The minimum absolute atomic E-state index is 0.335. The van der Waals surface area contributed by atoms with Crippen LogP contribution in [0.25, 0.3) is 10.6 Å². The molecule has 1 heterocycles. The molecule has 0 aliphatic rings. The van der Waals surface area contributed by atoms with Crippen molar-refractivity contribution in [3.05, 3.63) is 40.6 Å². The number of halogens is 2. The molecule has 13 heavy (non-hydrogen) atoms. The van der Waals surface area contributed by atoms with Gasteiger partial charge in [0.1, 0.15) is 10.8 Å². The van der Waals surface area contributed by atoms with Gasteiger partial charge in [0.2, 0.25) is 0 Å². The minimum Gasteiger partial charge on any atom is -0.245 e. The molecule has 2 rings (SSSR count). The van der Waals surface area contributed by atoms with E-state index >= 15 is 0 Å². The summed E-state index contributed by atoms with van der Waals surface area (Å²) in [6.07, 6.45) is 1.68. The number of nitrogens with zero attached hydrogens (tertiary/aromatic N) is 1. The Kier molecular flexibility index (Phi) is 2.29. The summed E-state index contributed by atoms with van der Waals surface area (Å²) in [4.78, 5) is 4.06. The molecule has 1 nitrogen and oxygen atoms in total. The van der Waals surface area contributed by atoms with Crippen LogP contribution in [0.15, 0.2) is 29.8 Å². The normalized spacial score (nSPS) is 10.3. The summed E-state index contributed by atoms with van der Waals surface area (Å²) in [5.74, 6) is -0.335. The molecular formula is C9H5ClFNS. The summed E-state index contributed by atoms with van der Waals surface area (Å²) in [6, 6.07) is 4.40. The molecule has 0 saturated carbocycles. The Hall–Kier alpha value is -0.930. The fourth-order valence-electron chi connectivity index (χ4n) is 1.04. The molecule has 2 aromatic rings. The Morgan fingerprint density at radius 1 is 1.31 bits per heavy atom. The van der Waals surface area contributed by atoms with E-state index in [1.807, 2.05) is 5.38 Å². The van der Waals surface area contributed by atoms with Gasteiger partial charge in [-0.25, -0.2) is 9.37 Å². The molecule has 0 atom stereocenters. The van der Waals surface area contributed by atoms with Crippen LogP contribution in [0.5, 0.6) is 0 Å². The van der Waals surface area contributed by atoms with Gasteiger partial charge < -0.3 is 0 Å². The maximum Gasteiger partial charge on any atom is 0.125 e. The second-order valence-electron chi connectivity index (χ2n) is 2.50. The highest BCUT2D eigenvalue weighted by Gasteiger charge is 2.03. The highest BCUT2D eigenvalue weighted by molar-refractivity contribution is 7.13. The summed E-state index contributed by atoms with van der Waals surface area (Å²) >= 11 is 7.16. The van der Waals surface area contributed by atoms with Gasteiger partial charge in [0, 0.05) is 22.2 Å². The van der Waals surface area contributed by atoms with Crippen molar-refractivity contribution in [2.45, 2.75) is 0 Å². The van der Waals surface area contributed by atoms with E-state index in [0.29, 0.717) is 5.02 Å². The van der Waals surface area contributed by atoms with Crippen LogP contribution < -0.4 is 0 Å². The zero-order valence-corrected chi connectivity index (χ0v) is 8.07. The minimum atomic E-state index is -0.335. The van der Waals surface area contributed by atoms with Crippen molar-refractivity contribution in [2.24, 2.45) is 0 Å². The smallest absolute Gasteiger partial charge is 0.125 e. The summed E-state index contributed by atoms with van der Waals surface area (Å²) in [5, 5.41) is 3.01. The molecular weight excluding hydrogens is 209 g/mol. The first-order valence-electron chi connectivity index (χ1n) is 3.61. The third-order valence-corrected chi connectivity index (χ3v) is 2.58. The molecule has 1 aromatic carbocycles. The van der Waals surface area contributed by atoms with Gasteiger partial charge in [0.15, 0.2) is 0 Å². The molecule has 0 unspecified atom stereocenters. The molecule has 4 heteroatoms. The van der Waals surface area contributed by atoms with Gasteiger partial charge in [-0.1, -0.05) is 11.6 Å². The van der Waals surface area contributed by atoms with Gasteiger partial charge in [-0.15, -0.1) is 11.3 Å². The second-order valence-corrected chi connectivity index (χ2v) is 3.83. The Morgan fingerprint density at radius 3 is 2.77 bits per heavy atom. The van der Waals surface area contributed by atoms with Crippen molar-refractivity contribution in [1.82, 2.24) is 4.98 Å². The first kappa shape index (κ1) is 8.66. The van der Waals surface area contributed by atoms with E-state index in [2.05, 4.69) is 4.98 Å². The number of aromatic nitrogens is 1. The van der Waals surface area contributed by atoms with E-state index < -0.39 is 0 Å². The number of rotatable bonds is 1. The SMILES string of the molecule is Fc1cc(Cl)cc(-c2nccs2)c1. The van der Waals surface area contributed by atoms with Gasteiger partial charge >= 0.3 is 0 Å². The summed E-state index contributed by atoms with van der Waals surface area (Å²) < 4.78 is 12.9. The lowest BCUT2D eigenvalue weighted by molar-refractivity contribution is 0.628. The molecule has 0 spiro atoms. The van der Waals surface area contributed by atoms with Crippen LogP contribution in [-0.4, -0.2) is 4.98 Å². The molecule has 0 bridgehead atoms. The maximum absolute atomic E-state index is 12.9. The van der Waals surface area contributed by atoms with Crippen LogP contribution in [0.1, 0.15) is 0 Å². The lowest BCUT2D eigenvalue weighted by Gasteiger charge is -1.97. The van der Waals surface area contributed by atoms with Gasteiger partial charge in [-0.2, -0.15) is 0 Å². The monoisotopic (exact) mass is 213 g/mol. The molecule has 0 saturated heterocycles. The fourth-order valence-corrected chi connectivity index (χ4v) is 1.89. The molecule has 0 aliphatic heterocycles. The Morgan fingerprint density at radius 2 is 2.15 bits per heavy atom. The van der Waals surface area contributed by atoms with Crippen molar-refractivity contribution in [1.29, 1.82) is 0 Å². The van der Waals surface area contributed by atoms with Gasteiger partial charge in [-0.3, -0.25) is 0 Å². The average molecular weight is 214 g/mol. The number of thiazole rings is 1. The standard InChI is InChI=1S/C9H5ClFNS/c10-7-3-6(4-8(11)5-7)9-12-1-2-13-9/h1-5H. The third kappa shape index (κ3) is 1.87. The molecule has 0 fully saturated rings. The van der Waals surface area contributed by atoms with E-state index in [4.69, 9.17) is 11.6 Å². The Bertz CT molecular complexity index is 393. The number of benzene rings is 1. The lowest BCUT2D eigenvalue weighted by Crippen LogP contribution is -1.79. The van der Waals surface area contributed by atoms with Gasteiger partial charge in [0.25, 0.3) is 0 Å². The average Bonchev–Trinajstić information content (AvgIpc) is 2.53. The van der Waals surface area contributed by atoms with Crippen LogP contribution in [0.3, 0.4) is 0 Å². The van der Waals surface area contributed by atoms with Crippen molar-refractivity contribution in [3.8, 4) is 10.6 Å². The van der Waals surface area contributed by atoms with Crippen LogP contribution in [-0.2, 0) is 0 Å². The lowest BCUT2D eigenvalue weighted by atomic mass is 10.2. The molecule has 0 N–H and O–H groups in total. The zero-order valence-electron chi connectivity index (χ0n) is 6.50. The van der Waals surface area contributed by atoms with Gasteiger partial charge in [0.05, 0.1) is 0 Å². The molecule has 0 aliphatic carbocycles. The predicted octanol–water partition coefficient (Wildman–Crippen LogP) is 3.60. The third-order valence-electron chi connectivity index (χ3n) is 1.54. The van der Waals surface area contributed by atoms with Crippen molar-refractivity contribution < 1.29 is 4.39 Å².